The Labute approximate surface area is 118 Å². The summed E-state index contributed by atoms with van der Waals surface area (Å²) in [5.41, 5.74) is 9.95. The van der Waals surface area contributed by atoms with Crippen LogP contribution in [0.15, 0.2) is 6.07 Å². The van der Waals surface area contributed by atoms with Crippen LogP contribution in [0, 0.1) is 13.8 Å². The Kier molecular flexibility index (Phi) is 4.45. The lowest BCUT2D eigenvalue weighted by Gasteiger charge is -2.26. The van der Waals surface area contributed by atoms with Gasteiger partial charge in [0.2, 0.25) is 0 Å². The number of thiocarbonyl (C=S) groups is 1. The van der Waals surface area contributed by atoms with Gasteiger partial charge in [0.25, 0.3) is 0 Å². The van der Waals surface area contributed by atoms with Gasteiger partial charge in [0, 0.05) is 30.2 Å². The molecule has 1 aliphatic rings. The Morgan fingerprint density at radius 2 is 2.17 bits per heavy atom. The summed E-state index contributed by atoms with van der Waals surface area (Å²) in [4.78, 5) is 7.32. The number of hydrogen-bond acceptors (Lipinski definition) is 4. The summed E-state index contributed by atoms with van der Waals surface area (Å²) in [6.07, 6.45) is 1.21. The van der Waals surface area contributed by atoms with Gasteiger partial charge in [-0.15, -0.1) is 0 Å². The molecule has 98 valence electrons. The molecule has 5 heteroatoms. The minimum Gasteiger partial charge on any atom is -0.389 e. The van der Waals surface area contributed by atoms with Crippen molar-refractivity contribution in [3.63, 3.8) is 0 Å². The zero-order chi connectivity index (χ0) is 13.1. The quantitative estimate of drug-likeness (QED) is 0.842. The van der Waals surface area contributed by atoms with Gasteiger partial charge in [0.05, 0.1) is 11.3 Å². The third kappa shape index (κ3) is 2.95. The maximum atomic E-state index is 5.87. The molecule has 0 bridgehead atoms. The van der Waals surface area contributed by atoms with E-state index in [4.69, 9.17) is 18.0 Å². The summed E-state index contributed by atoms with van der Waals surface area (Å²) >= 11 is 7.20. The number of pyridine rings is 1. The van der Waals surface area contributed by atoms with E-state index < -0.39 is 0 Å². The van der Waals surface area contributed by atoms with Crippen molar-refractivity contribution in [2.24, 2.45) is 5.73 Å². The van der Waals surface area contributed by atoms with E-state index in [1.54, 1.807) is 0 Å². The van der Waals surface area contributed by atoms with Crippen LogP contribution in [-0.4, -0.2) is 34.6 Å². The van der Waals surface area contributed by atoms with Gasteiger partial charge in [-0.05, 0) is 32.1 Å². The highest BCUT2D eigenvalue weighted by Crippen LogP contribution is 2.26. The van der Waals surface area contributed by atoms with Crippen LogP contribution in [0.3, 0.4) is 0 Å². The predicted octanol–water partition coefficient (Wildman–Crippen LogP) is 2.28. The minimum atomic E-state index is 0.451. The van der Waals surface area contributed by atoms with E-state index in [0.717, 1.165) is 41.5 Å². The molecule has 2 heterocycles. The zero-order valence-corrected chi connectivity index (χ0v) is 12.5. The molecule has 1 saturated heterocycles. The summed E-state index contributed by atoms with van der Waals surface area (Å²) in [7, 11) is 0. The average Bonchev–Trinajstić information content (AvgIpc) is 2.55. The van der Waals surface area contributed by atoms with Crippen molar-refractivity contribution in [1.82, 2.24) is 4.98 Å². The Balaban J connectivity index is 2.43. The van der Waals surface area contributed by atoms with E-state index in [0.29, 0.717) is 4.99 Å². The third-order valence-electron chi connectivity index (χ3n) is 3.12. The second kappa shape index (κ2) is 5.89. The van der Waals surface area contributed by atoms with E-state index in [2.05, 4.69) is 16.0 Å². The van der Waals surface area contributed by atoms with Gasteiger partial charge in [0.1, 0.15) is 4.99 Å². The minimum absolute atomic E-state index is 0.451. The highest BCUT2D eigenvalue weighted by Gasteiger charge is 2.18. The van der Waals surface area contributed by atoms with Crippen molar-refractivity contribution in [3.8, 4) is 0 Å². The monoisotopic (exact) mass is 281 g/mol. The van der Waals surface area contributed by atoms with E-state index >= 15 is 0 Å². The van der Waals surface area contributed by atoms with Crippen LogP contribution in [0.25, 0.3) is 0 Å². The first-order valence-electron chi connectivity index (χ1n) is 6.20. The maximum absolute atomic E-state index is 5.87. The van der Waals surface area contributed by atoms with Crippen LogP contribution in [0.1, 0.15) is 23.4 Å². The highest BCUT2D eigenvalue weighted by molar-refractivity contribution is 7.99. The van der Waals surface area contributed by atoms with Gasteiger partial charge in [-0.3, -0.25) is 4.98 Å². The predicted molar refractivity (Wildman–Crippen MR) is 83.8 cm³/mol. The molecule has 0 aromatic carbocycles. The van der Waals surface area contributed by atoms with E-state index in [9.17, 15) is 0 Å². The van der Waals surface area contributed by atoms with Gasteiger partial charge in [-0.25, -0.2) is 0 Å². The van der Waals surface area contributed by atoms with Crippen molar-refractivity contribution in [1.29, 1.82) is 0 Å². The normalized spacial score (nSPS) is 16.4. The third-order valence-corrected chi connectivity index (χ3v) is 4.37. The molecule has 0 saturated carbocycles. The highest BCUT2D eigenvalue weighted by atomic mass is 32.2. The fourth-order valence-electron chi connectivity index (χ4n) is 2.35. The topological polar surface area (TPSA) is 42.1 Å². The number of aromatic nitrogens is 1. The molecule has 1 aromatic rings. The Morgan fingerprint density at radius 1 is 1.39 bits per heavy atom. The molecule has 1 fully saturated rings. The standard InChI is InChI=1S/C13H19N3S2/c1-9-8-11(12(13(14)17)10(2)15-9)16-4-3-6-18-7-5-16/h8H,3-7H2,1-2H3,(H2,14,17). The first-order valence-corrected chi connectivity index (χ1v) is 7.76. The molecule has 0 radical (unpaired) electrons. The average molecular weight is 281 g/mol. The molecular weight excluding hydrogens is 262 g/mol. The fourth-order valence-corrected chi connectivity index (χ4v) is 3.49. The first kappa shape index (κ1) is 13.6. The smallest absolute Gasteiger partial charge is 0.107 e. The van der Waals surface area contributed by atoms with Crippen molar-refractivity contribution in [2.75, 3.05) is 29.5 Å². The van der Waals surface area contributed by atoms with Crippen molar-refractivity contribution in [2.45, 2.75) is 20.3 Å². The number of thioether (sulfide) groups is 1. The molecule has 18 heavy (non-hydrogen) atoms. The van der Waals surface area contributed by atoms with Gasteiger partial charge in [-0.1, -0.05) is 12.2 Å². The summed E-state index contributed by atoms with van der Waals surface area (Å²) in [6.45, 7) is 6.14. The number of anilines is 1. The lowest BCUT2D eigenvalue weighted by molar-refractivity contribution is 0.812. The Bertz CT molecular complexity index is 452. The van der Waals surface area contributed by atoms with Crippen molar-refractivity contribution in [3.05, 3.63) is 23.0 Å². The first-order chi connectivity index (χ1) is 8.59. The molecule has 0 unspecified atom stereocenters. The number of rotatable bonds is 2. The van der Waals surface area contributed by atoms with Crippen molar-refractivity contribution < 1.29 is 0 Å². The lowest BCUT2D eigenvalue weighted by Crippen LogP contribution is -2.29. The molecular formula is C13H19N3S2. The van der Waals surface area contributed by atoms with Crippen LogP contribution in [0.5, 0.6) is 0 Å². The van der Waals surface area contributed by atoms with E-state index in [-0.39, 0.29) is 0 Å². The van der Waals surface area contributed by atoms with Crippen LogP contribution >= 0.6 is 24.0 Å². The molecule has 0 spiro atoms. The largest absolute Gasteiger partial charge is 0.389 e. The second-order valence-electron chi connectivity index (χ2n) is 4.56. The van der Waals surface area contributed by atoms with Gasteiger partial charge >= 0.3 is 0 Å². The van der Waals surface area contributed by atoms with Crippen LogP contribution in [0.4, 0.5) is 5.69 Å². The van der Waals surface area contributed by atoms with Crippen LogP contribution in [0.2, 0.25) is 0 Å². The van der Waals surface area contributed by atoms with E-state index in [1.807, 2.05) is 25.6 Å². The Hall–Kier alpha value is -0.810. The molecule has 0 aliphatic carbocycles. The molecule has 3 nitrogen and oxygen atoms in total. The summed E-state index contributed by atoms with van der Waals surface area (Å²) in [5, 5.41) is 0. The van der Waals surface area contributed by atoms with Crippen molar-refractivity contribution >= 4 is 34.7 Å². The Morgan fingerprint density at radius 3 is 2.89 bits per heavy atom. The summed E-state index contributed by atoms with van der Waals surface area (Å²) in [6, 6.07) is 2.11. The van der Waals surface area contributed by atoms with Crippen LogP contribution in [-0.2, 0) is 0 Å². The SMILES string of the molecule is Cc1cc(N2CCCSCC2)c(C(N)=S)c(C)n1. The molecule has 1 aromatic heterocycles. The summed E-state index contributed by atoms with van der Waals surface area (Å²) in [5.74, 6) is 2.40. The molecule has 2 rings (SSSR count). The molecule has 1 aliphatic heterocycles. The van der Waals surface area contributed by atoms with E-state index in [1.165, 1.54) is 12.2 Å². The lowest BCUT2D eigenvalue weighted by atomic mass is 10.1. The number of nitrogens with zero attached hydrogens (tertiary/aromatic N) is 2. The number of aryl methyl sites for hydroxylation is 2. The van der Waals surface area contributed by atoms with Gasteiger partial charge in [-0.2, -0.15) is 11.8 Å². The molecule has 0 atom stereocenters. The maximum Gasteiger partial charge on any atom is 0.107 e. The fraction of sp³-hybridized carbons (Fsp3) is 0.538. The number of hydrogen-bond donors (Lipinski definition) is 1. The zero-order valence-electron chi connectivity index (χ0n) is 10.9. The number of nitrogens with two attached hydrogens (primary N) is 1. The van der Waals surface area contributed by atoms with Crippen LogP contribution < -0.4 is 10.6 Å². The molecule has 2 N–H and O–H groups in total. The van der Waals surface area contributed by atoms with Gasteiger partial charge < -0.3 is 10.6 Å². The summed E-state index contributed by atoms with van der Waals surface area (Å²) < 4.78 is 0. The van der Waals surface area contributed by atoms with Gasteiger partial charge in [0.15, 0.2) is 0 Å². The second-order valence-corrected chi connectivity index (χ2v) is 6.22. The molecule has 0 amide bonds.